The fourth-order valence-electron chi connectivity index (χ4n) is 3.74. The van der Waals surface area contributed by atoms with Crippen LogP contribution in [0.25, 0.3) is 11.0 Å². The molecule has 1 amide bonds. The summed E-state index contributed by atoms with van der Waals surface area (Å²) >= 11 is 0. The zero-order valence-electron chi connectivity index (χ0n) is 17.8. The van der Waals surface area contributed by atoms with Crippen LogP contribution in [0.2, 0.25) is 0 Å². The maximum absolute atomic E-state index is 12.7. The molecule has 1 fully saturated rings. The number of carbonyl (C=O) groups is 1. The summed E-state index contributed by atoms with van der Waals surface area (Å²) in [5.74, 6) is 0.324. The van der Waals surface area contributed by atoms with Crippen LogP contribution in [0.3, 0.4) is 0 Å². The molecule has 1 aromatic heterocycles. The molecule has 164 valence electrons. The van der Waals surface area contributed by atoms with E-state index in [9.17, 15) is 13.2 Å². The number of fused-ring (bicyclic) bond motifs is 1. The van der Waals surface area contributed by atoms with E-state index in [0.29, 0.717) is 36.6 Å². The molecule has 3 aromatic rings. The Morgan fingerprint density at radius 3 is 2.48 bits per heavy atom. The van der Waals surface area contributed by atoms with Crippen molar-refractivity contribution in [3.63, 3.8) is 0 Å². The lowest BCUT2D eigenvalue weighted by Crippen LogP contribution is -2.27. The highest BCUT2D eigenvalue weighted by Crippen LogP contribution is 2.24. The van der Waals surface area contributed by atoms with Crippen molar-refractivity contribution in [2.24, 2.45) is 0 Å². The quantitative estimate of drug-likeness (QED) is 0.606. The molecular weight excluding hydrogens is 414 g/mol. The minimum absolute atomic E-state index is 0.117. The first-order chi connectivity index (χ1) is 14.8. The summed E-state index contributed by atoms with van der Waals surface area (Å²) in [7, 11) is -3.50. The molecule has 1 saturated heterocycles. The van der Waals surface area contributed by atoms with E-state index in [1.165, 1.54) is 9.87 Å². The largest absolute Gasteiger partial charge is 0.326 e. The molecule has 0 aliphatic carbocycles. The molecule has 0 radical (unpaired) electrons. The van der Waals surface area contributed by atoms with Gasteiger partial charge in [0.2, 0.25) is 15.9 Å². The summed E-state index contributed by atoms with van der Waals surface area (Å²) in [6, 6.07) is 12.7. The molecule has 1 aliphatic rings. The highest BCUT2D eigenvalue weighted by atomic mass is 32.2. The summed E-state index contributed by atoms with van der Waals surface area (Å²) in [6.07, 6.45) is 2.02. The van der Waals surface area contributed by atoms with Crippen LogP contribution in [-0.2, 0) is 21.4 Å². The second-order valence-corrected chi connectivity index (χ2v) is 10.1. The molecular formula is C22H27N5O3S. The molecule has 4 rings (SSSR count). The van der Waals surface area contributed by atoms with Gasteiger partial charge in [-0.3, -0.25) is 4.79 Å². The van der Waals surface area contributed by atoms with Gasteiger partial charge in [-0.15, -0.1) is 5.10 Å². The molecule has 0 spiro atoms. The van der Waals surface area contributed by atoms with Gasteiger partial charge in [-0.2, -0.15) is 4.31 Å². The Balaban J connectivity index is 1.41. The molecule has 31 heavy (non-hydrogen) atoms. The number of benzene rings is 2. The number of hydrogen-bond acceptors (Lipinski definition) is 5. The Bertz CT molecular complexity index is 1180. The van der Waals surface area contributed by atoms with Crippen molar-refractivity contribution in [1.82, 2.24) is 19.3 Å². The number of amides is 1. The average Bonchev–Trinajstić information content (AvgIpc) is 3.43. The van der Waals surface area contributed by atoms with Crippen molar-refractivity contribution in [2.45, 2.75) is 50.5 Å². The van der Waals surface area contributed by atoms with E-state index >= 15 is 0 Å². The standard InChI is InChI=1S/C22H27N5O3S/c1-16(2)17-5-7-18(8-6-17)23-22(28)11-14-27-21-10-9-19(15-20(21)24-25-27)31(29,30)26-12-3-4-13-26/h5-10,15-16H,3-4,11-14H2,1-2H3,(H,23,28). The summed E-state index contributed by atoms with van der Waals surface area (Å²) in [4.78, 5) is 12.6. The Labute approximate surface area is 182 Å². The van der Waals surface area contributed by atoms with Crippen LogP contribution in [0.1, 0.15) is 44.6 Å². The number of sulfonamides is 1. The van der Waals surface area contributed by atoms with Crippen molar-refractivity contribution in [1.29, 1.82) is 0 Å². The van der Waals surface area contributed by atoms with Crippen LogP contribution in [-0.4, -0.2) is 46.7 Å². The summed E-state index contributed by atoms with van der Waals surface area (Å²) in [5, 5.41) is 11.1. The van der Waals surface area contributed by atoms with E-state index in [2.05, 4.69) is 29.5 Å². The minimum atomic E-state index is -3.50. The summed E-state index contributed by atoms with van der Waals surface area (Å²) in [5.41, 5.74) is 3.19. The second-order valence-electron chi connectivity index (χ2n) is 8.15. The SMILES string of the molecule is CC(C)c1ccc(NC(=O)CCn2nnc3cc(S(=O)(=O)N4CCCC4)ccc32)cc1. The van der Waals surface area contributed by atoms with E-state index in [1.54, 1.807) is 22.9 Å². The van der Waals surface area contributed by atoms with Gasteiger partial charge < -0.3 is 5.32 Å². The maximum atomic E-state index is 12.7. The monoisotopic (exact) mass is 441 g/mol. The van der Waals surface area contributed by atoms with E-state index in [-0.39, 0.29) is 17.2 Å². The Morgan fingerprint density at radius 1 is 1.10 bits per heavy atom. The van der Waals surface area contributed by atoms with Crippen LogP contribution in [0.15, 0.2) is 47.4 Å². The number of nitrogens with zero attached hydrogens (tertiary/aromatic N) is 4. The second kappa shape index (κ2) is 8.76. The summed E-state index contributed by atoms with van der Waals surface area (Å²) in [6.45, 7) is 5.72. The van der Waals surface area contributed by atoms with Crippen LogP contribution >= 0.6 is 0 Å². The first-order valence-corrected chi connectivity index (χ1v) is 12.0. The van der Waals surface area contributed by atoms with Crippen molar-refractivity contribution in [2.75, 3.05) is 18.4 Å². The van der Waals surface area contributed by atoms with E-state index in [0.717, 1.165) is 18.5 Å². The smallest absolute Gasteiger partial charge is 0.243 e. The van der Waals surface area contributed by atoms with Gasteiger partial charge in [0, 0.05) is 25.2 Å². The number of hydrogen-bond donors (Lipinski definition) is 1. The Hall–Kier alpha value is -2.78. The topological polar surface area (TPSA) is 97.2 Å². The molecule has 0 saturated carbocycles. The lowest BCUT2D eigenvalue weighted by atomic mass is 10.0. The number of carbonyl (C=O) groups excluding carboxylic acids is 1. The zero-order valence-corrected chi connectivity index (χ0v) is 18.6. The van der Waals surface area contributed by atoms with Crippen LogP contribution in [0, 0.1) is 0 Å². The molecule has 0 atom stereocenters. The fourth-order valence-corrected chi connectivity index (χ4v) is 5.28. The van der Waals surface area contributed by atoms with Crippen molar-refractivity contribution < 1.29 is 13.2 Å². The molecule has 0 bridgehead atoms. The van der Waals surface area contributed by atoms with Crippen molar-refractivity contribution >= 4 is 32.7 Å². The molecule has 2 aromatic carbocycles. The number of anilines is 1. The predicted octanol–water partition coefficient (Wildman–Crippen LogP) is 3.37. The minimum Gasteiger partial charge on any atom is -0.326 e. The normalized spacial score (nSPS) is 15.1. The molecule has 9 heteroatoms. The van der Waals surface area contributed by atoms with E-state index < -0.39 is 10.0 Å². The summed E-state index contributed by atoms with van der Waals surface area (Å²) < 4.78 is 28.6. The molecule has 0 unspecified atom stereocenters. The van der Waals surface area contributed by atoms with Gasteiger partial charge in [0.25, 0.3) is 0 Å². The van der Waals surface area contributed by atoms with Gasteiger partial charge in [0.15, 0.2) is 0 Å². The van der Waals surface area contributed by atoms with Gasteiger partial charge in [-0.1, -0.05) is 31.2 Å². The Morgan fingerprint density at radius 2 is 1.81 bits per heavy atom. The van der Waals surface area contributed by atoms with Gasteiger partial charge in [0.05, 0.1) is 17.0 Å². The van der Waals surface area contributed by atoms with E-state index in [4.69, 9.17) is 0 Å². The zero-order chi connectivity index (χ0) is 22.0. The Kier molecular flexibility index (Phi) is 6.06. The van der Waals surface area contributed by atoms with Crippen molar-refractivity contribution in [3.8, 4) is 0 Å². The van der Waals surface area contributed by atoms with E-state index in [1.807, 2.05) is 24.3 Å². The third-order valence-electron chi connectivity index (χ3n) is 5.60. The van der Waals surface area contributed by atoms with Gasteiger partial charge in [-0.25, -0.2) is 13.1 Å². The highest BCUT2D eigenvalue weighted by molar-refractivity contribution is 7.89. The van der Waals surface area contributed by atoms with Crippen LogP contribution < -0.4 is 5.32 Å². The van der Waals surface area contributed by atoms with Crippen LogP contribution in [0.5, 0.6) is 0 Å². The maximum Gasteiger partial charge on any atom is 0.243 e. The molecule has 1 aliphatic heterocycles. The first kappa shape index (κ1) is 21.5. The molecule has 8 nitrogen and oxygen atoms in total. The number of nitrogens with one attached hydrogen (secondary N) is 1. The molecule has 2 heterocycles. The first-order valence-electron chi connectivity index (χ1n) is 10.6. The lowest BCUT2D eigenvalue weighted by Gasteiger charge is -2.15. The highest BCUT2D eigenvalue weighted by Gasteiger charge is 2.27. The number of rotatable bonds is 7. The third-order valence-corrected chi connectivity index (χ3v) is 7.49. The van der Waals surface area contributed by atoms with Crippen LogP contribution in [0.4, 0.5) is 5.69 Å². The third kappa shape index (κ3) is 4.62. The fraction of sp³-hybridized carbons (Fsp3) is 0.409. The van der Waals surface area contributed by atoms with Crippen molar-refractivity contribution in [3.05, 3.63) is 48.0 Å². The predicted molar refractivity (Wildman–Crippen MR) is 119 cm³/mol. The van der Waals surface area contributed by atoms with Gasteiger partial charge in [-0.05, 0) is 54.7 Å². The van der Waals surface area contributed by atoms with Gasteiger partial charge >= 0.3 is 0 Å². The number of aryl methyl sites for hydroxylation is 1. The average molecular weight is 442 g/mol. The lowest BCUT2D eigenvalue weighted by molar-refractivity contribution is -0.116. The molecule has 1 N–H and O–H groups in total. The number of aromatic nitrogens is 3. The van der Waals surface area contributed by atoms with Gasteiger partial charge in [0.1, 0.15) is 5.52 Å².